The van der Waals surface area contributed by atoms with Gasteiger partial charge in [-0.2, -0.15) is 9.78 Å². The minimum absolute atomic E-state index is 0.0740. The first-order valence-electron chi connectivity index (χ1n) is 8.07. The first kappa shape index (κ1) is 17.1. The standard InChI is InChI=1S/C17H21N5O3/c1-20-8-10-21(11-9-20)19-17(24)16-14(25-2)12-15(23)22(18-16)13-6-4-3-5-7-13/h3-7,12H,8-11H2,1-2H3,(H,19,24). The number of piperazine rings is 1. The lowest BCUT2D eigenvalue weighted by Gasteiger charge is -2.32. The molecule has 25 heavy (non-hydrogen) atoms. The number of nitrogens with zero attached hydrogens (tertiary/aromatic N) is 4. The van der Waals surface area contributed by atoms with Gasteiger partial charge in [-0.3, -0.25) is 15.0 Å². The van der Waals surface area contributed by atoms with E-state index in [4.69, 9.17) is 4.74 Å². The van der Waals surface area contributed by atoms with Crippen LogP contribution in [0.5, 0.6) is 5.75 Å². The van der Waals surface area contributed by atoms with E-state index in [0.717, 1.165) is 26.2 Å². The molecule has 1 fully saturated rings. The smallest absolute Gasteiger partial charge is 0.289 e. The Morgan fingerprint density at radius 1 is 1.16 bits per heavy atom. The van der Waals surface area contributed by atoms with Crippen molar-refractivity contribution in [2.75, 3.05) is 40.3 Å². The highest BCUT2D eigenvalue weighted by molar-refractivity contribution is 5.94. The maximum Gasteiger partial charge on any atom is 0.289 e. The largest absolute Gasteiger partial charge is 0.494 e. The van der Waals surface area contributed by atoms with Gasteiger partial charge in [0.05, 0.1) is 18.9 Å². The summed E-state index contributed by atoms with van der Waals surface area (Å²) in [5, 5.41) is 6.07. The van der Waals surface area contributed by atoms with Crippen LogP contribution in [0.15, 0.2) is 41.2 Å². The Hall–Kier alpha value is -2.71. The molecule has 0 saturated carbocycles. The third-order valence-electron chi connectivity index (χ3n) is 4.10. The maximum atomic E-state index is 12.6. The number of nitrogens with one attached hydrogen (secondary N) is 1. The van der Waals surface area contributed by atoms with Gasteiger partial charge in [0.2, 0.25) is 0 Å². The van der Waals surface area contributed by atoms with Crippen LogP contribution >= 0.6 is 0 Å². The monoisotopic (exact) mass is 343 g/mol. The second-order valence-electron chi connectivity index (χ2n) is 5.88. The molecular weight excluding hydrogens is 322 g/mol. The van der Waals surface area contributed by atoms with E-state index < -0.39 is 5.91 Å². The average Bonchev–Trinajstić information content (AvgIpc) is 2.64. The molecular formula is C17H21N5O3. The molecule has 0 unspecified atom stereocenters. The predicted octanol–water partition coefficient (Wildman–Crippen LogP) is 0.133. The SMILES string of the molecule is COc1cc(=O)n(-c2ccccc2)nc1C(=O)NN1CCN(C)CC1. The number of likely N-dealkylation sites (N-methyl/N-ethyl adjacent to an activating group) is 1. The number of benzene rings is 1. The van der Waals surface area contributed by atoms with E-state index in [1.807, 2.05) is 18.1 Å². The first-order valence-corrected chi connectivity index (χ1v) is 8.07. The van der Waals surface area contributed by atoms with Crippen LogP contribution in [0.4, 0.5) is 0 Å². The molecule has 1 aromatic carbocycles. The van der Waals surface area contributed by atoms with Crippen molar-refractivity contribution < 1.29 is 9.53 Å². The topological polar surface area (TPSA) is 79.7 Å². The number of amides is 1. The van der Waals surface area contributed by atoms with Crippen LogP contribution in [-0.2, 0) is 0 Å². The fraction of sp³-hybridized carbons (Fsp3) is 0.353. The van der Waals surface area contributed by atoms with Crippen LogP contribution in [0.3, 0.4) is 0 Å². The van der Waals surface area contributed by atoms with E-state index in [1.165, 1.54) is 17.9 Å². The molecule has 1 amide bonds. The molecule has 1 aliphatic rings. The second-order valence-corrected chi connectivity index (χ2v) is 5.88. The van der Waals surface area contributed by atoms with Crippen LogP contribution < -0.4 is 15.7 Å². The molecule has 2 heterocycles. The Kier molecular flexibility index (Phi) is 5.11. The summed E-state index contributed by atoms with van der Waals surface area (Å²) in [5.41, 5.74) is 3.14. The summed E-state index contributed by atoms with van der Waals surface area (Å²) < 4.78 is 6.38. The quantitative estimate of drug-likeness (QED) is 0.850. The summed E-state index contributed by atoms with van der Waals surface area (Å²) >= 11 is 0. The van der Waals surface area contributed by atoms with Crippen LogP contribution in [0, 0.1) is 0 Å². The summed E-state index contributed by atoms with van der Waals surface area (Å²) in [5.74, 6) is -0.241. The predicted molar refractivity (Wildman–Crippen MR) is 92.9 cm³/mol. The lowest BCUT2D eigenvalue weighted by atomic mass is 10.3. The lowest BCUT2D eigenvalue weighted by molar-refractivity contribution is 0.0653. The third-order valence-corrected chi connectivity index (χ3v) is 4.10. The van der Waals surface area contributed by atoms with Gasteiger partial charge in [0.1, 0.15) is 0 Å². The minimum atomic E-state index is -0.397. The zero-order valence-corrected chi connectivity index (χ0v) is 14.3. The van der Waals surface area contributed by atoms with E-state index in [9.17, 15) is 9.59 Å². The van der Waals surface area contributed by atoms with E-state index in [-0.39, 0.29) is 17.0 Å². The molecule has 1 N–H and O–H groups in total. The molecule has 1 aromatic heterocycles. The number of aromatic nitrogens is 2. The van der Waals surface area contributed by atoms with Gasteiger partial charge in [-0.25, -0.2) is 5.01 Å². The zero-order valence-electron chi connectivity index (χ0n) is 14.3. The fourth-order valence-electron chi connectivity index (χ4n) is 2.62. The molecule has 2 aromatic rings. The van der Waals surface area contributed by atoms with Crippen molar-refractivity contribution in [2.24, 2.45) is 0 Å². The summed E-state index contributed by atoms with van der Waals surface area (Å²) in [6.07, 6.45) is 0. The van der Waals surface area contributed by atoms with Crippen molar-refractivity contribution in [3.63, 3.8) is 0 Å². The molecule has 1 aliphatic heterocycles. The first-order chi connectivity index (χ1) is 12.1. The minimum Gasteiger partial charge on any atom is -0.494 e. The molecule has 3 rings (SSSR count). The van der Waals surface area contributed by atoms with Crippen LogP contribution in [-0.4, -0.2) is 65.9 Å². The Balaban J connectivity index is 1.89. The number of methoxy groups -OCH3 is 1. The van der Waals surface area contributed by atoms with Gasteiger partial charge in [-0.05, 0) is 19.2 Å². The number of ether oxygens (including phenoxy) is 1. The number of hydrazine groups is 1. The highest BCUT2D eigenvalue weighted by Crippen LogP contribution is 2.14. The Morgan fingerprint density at radius 2 is 1.84 bits per heavy atom. The Bertz CT molecular complexity index is 798. The van der Waals surface area contributed by atoms with E-state index in [2.05, 4.69) is 15.4 Å². The van der Waals surface area contributed by atoms with E-state index >= 15 is 0 Å². The Morgan fingerprint density at radius 3 is 2.48 bits per heavy atom. The summed E-state index contributed by atoms with van der Waals surface area (Å²) in [6.45, 7) is 3.19. The van der Waals surface area contributed by atoms with Gasteiger partial charge in [0.15, 0.2) is 11.4 Å². The molecule has 1 saturated heterocycles. The van der Waals surface area contributed by atoms with Gasteiger partial charge in [0.25, 0.3) is 11.5 Å². The number of hydrogen-bond donors (Lipinski definition) is 1. The van der Waals surface area contributed by atoms with Crippen LogP contribution in [0.2, 0.25) is 0 Å². The molecule has 0 spiro atoms. The number of rotatable bonds is 4. The van der Waals surface area contributed by atoms with Crippen molar-refractivity contribution in [1.82, 2.24) is 25.1 Å². The molecule has 0 aliphatic carbocycles. The second kappa shape index (κ2) is 7.45. The Labute approximate surface area is 145 Å². The summed E-state index contributed by atoms with van der Waals surface area (Å²) in [7, 11) is 3.45. The molecule has 132 valence electrons. The van der Waals surface area contributed by atoms with Crippen molar-refractivity contribution in [1.29, 1.82) is 0 Å². The normalized spacial score (nSPS) is 15.8. The van der Waals surface area contributed by atoms with Gasteiger partial charge < -0.3 is 9.64 Å². The van der Waals surface area contributed by atoms with Gasteiger partial charge in [-0.1, -0.05) is 18.2 Å². The maximum absolute atomic E-state index is 12.6. The summed E-state index contributed by atoms with van der Waals surface area (Å²) in [6, 6.07) is 10.2. The van der Waals surface area contributed by atoms with Crippen LogP contribution in [0.1, 0.15) is 10.5 Å². The van der Waals surface area contributed by atoms with Crippen molar-refractivity contribution in [2.45, 2.75) is 0 Å². The van der Waals surface area contributed by atoms with Crippen molar-refractivity contribution in [3.05, 3.63) is 52.4 Å². The van der Waals surface area contributed by atoms with Crippen molar-refractivity contribution >= 4 is 5.91 Å². The molecule has 8 nitrogen and oxygen atoms in total. The van der Waals surface area contributed by atoms with Crippen molar-refractivity contribution in [3.8, 4) is 11.4 Å². The number of carbonyl (C=O) groups is 1. The van der Waals surface area contributed by atoms with Crippen LogP contribution in [0.25, 0.3) is 5.69 Å². The van der Waals surface area contributed by atoms with E-state index in [0.29, 0.717) is 5.69 Å². The van der Waals surface area contributed by atoms with Gasteiger partial charge >= 0.3 is 0 Å². The number of hydrogen-bond acceptors (Lipinski definition) is 6. The van der Waals surface area contributed by atoms with E-state index in [1.54, 1.807) is 24.3 Å². The average molecular weight is 343 g/mol. The number of para-hydroxylation sites is 1. The van der Waals surface area contributed by atoms with Gasteiger partial charge in [-0.15, -0.1) is 0 Å². The number of carbonyl (C=O) groups excluding carboxylic acids is 1. The molecule has 0 radical (unpaired) electrons. The molecule has 0 atom stereocenters. The highest BCUT2D eigenvalue weighted by Gasteiger charge is 2.22. The third kappa shape index (κ3) is 3.86. The molecule has 8 heteroatoms. The zero-order chi connectivity index (χ0) is 17.8. The summed E-state index contributed by atoms with van der Waals surface area (Å²) in [4.78, 5) is 27.1. The van der Waals surface area contributed by atoms with Gasteiger partial charge in [0, 0.05) is 26.2 Å². The lowest BCUT2D eigenvalue weighted by Crippen LogP contribution is -2.52. The molecule has 0 bridgehead atoms. The fourth-order valence-corrected chi connectivity index (χ4v) is 2.62. The highest BCUT2D eigenvalue weighted by atomic mass is 16.5.